The topological polar surface area (TPSA) is 54.0 Å². The van der Waals surface area contributed by atoms with Gasteiger partial charge in [0, 0.05) is 5.56 Å². The van der Waals surface area contributed by atoms with Crippen molar-refractivity contribution in [1.29, 1.82) is 5.26 Å². The van der Waals surface area contributed by atoms with Crippen LogP contribution in [-0.2, 0) is 0 Å². The van der Waals surface area contributed by atoms with E-state index in [2.05, 4.69) is 0 Å². The molecule has 3 nitrogen and oxygen atoms in total. The quantitative estimate of drug-likeness (QED) is 0.778. The minimum absolute atomic E-state index is 0.0885. The van der Waals surface area contributed by atoms with Crippen LogP contribution in [0.3, 0.4) is 0 Å². The van der Waals surface area contributed by atoms with Crippen molar-refractivity contribution >= 4 is 5.78 Å². The molecular weight excluding hydrogens is 233 g/mol. The molecule has 0 amide bonds. The molecule has 2 aromatic rings. The lowest BCUT2D eigenvalue weighted by Crippen LogP contribution is -2.13. The van der Waals surface area contributed by atoms with Crippen LogP contribution in [0.1, 0.15) is 27.6 Å². The maximum Gasteiger partial charge on any atom is 0.188 e. The molecule has 0 aliphatic carbocycles. The summed E-state index contributed by atoms with van der Waals surface area (Å²) in [5.41, 5.74) is 0.399. The third-order valence-electron chi connectivity index (χ3n) is 2.73. The summed E-state index contributed by atoms with van der Waals surface area (Å²) in [4.78, 5) is 12.2. The maximum absolute atomic E-state index is 13.6. The number of carbonyl (C=O) groups excluding carboxylic acids is 1. The summed E-state index contributed by atoms with van der Waals surface area (Å²) in [6.45, 7) is 1.63. The summed E-state index contributed by atoms with van der Waals surface area (Å²) in [5, 5.41) is 9.10. The largest absolute Gasteiger partial charge is 0.469 e. The Morgan fingerprint density at radius 2 is 2.11 bits per heavy atom. The first-order chi connectivity index (χ1) is 8.65. The minimum Gasteiger partial charge on any atom is -0.469 e. The number of ketones is 1. The van der Waals surface area contributed by atoms with Crippen LogP contribution in [0.2, 0.25) is 0 Å². The molecule has 0 radical (unpaired) electrons. The molecule has 0 aliphatic heterocycles. The number of hydrogen-bond donors (Lipinski definition) is 0. The lowest BCUT2D eigenvalue weighted by atomic mass is 9.92. The second kappa shape index (κ2) is 4.84. The predicted molar refractivity (Wildman–Crippen MR) is 62.5 cm³/mol. The van der Waals surface area contributed by atoms with Gasteiger partial charge in [-0.25, -0.2) is 4.39 Å². The molecule has 0 saturated carbocycles. The van der Waals surface area contributed by atoms with Crippen molar-refractivity contribution in [2.45, 2.75) is 12.8 Å². The Bertz CT molecular complexity index is 625. The Morgan fingerprint density at radius 3 is 2.67 bits per heavy atom. The molecule has 0 bridgehead atoms. The van der Waals surface area contributed by atoms with Crippen molar-refractivity contribution in [1.82, 2.24) is 0 Å². The molecule has 4 heteroatoms. The van der Waals surface area contributed by atoms with Crippen LogP contribution in [0.15, 0.2) is 41.0 Å². The van der Waals surface area contributed by atoms with Crippen LogP contribution >= 0.6 is 0 Å². The van der Waals surface area contributed by atoms with E-state index in [1.54, 1.807) is 13.0 Å². The number of Topliss-reactive ketones (excluding diaryl/α,β-unsaturated/α-hetero) is 1. The molecule has 1 aromatic carbocycles. The molecule has 18 heavy (non-hydrogen) atoms. The number of rotatable bonds is 3. The van der Waals surface area contributed by atoms with E-state index in [-0.39, 0.29) is 5.56 Å². The highest BCUT2D eigenvalue weighted by Gasteiger charge is 2.26. The summed E-state index contributed by atoms with van der Waals surface area (Å²) in [6, 6.07) is 9.11. The smallest absolute Gasteiger partial charge is 0.188 e. The molecule has 0 spiro atoms. The van der Waals surface area contributed by atoms with Gasteiger partial charge in [0.1, 0.15) is 17.5 Å². The van der Waals surface area contributed by atoms with Crippen LogP contribution in [0, 0.1) is 24.1 Å². The fourth-order valence-electron chi connectivity index (χ4n) is 1.77. The number of halogens is 1. The zero-order valence-corrected chi connectivity index (χ0v) is 9.68. The van der Waals surface area contributed by atoms with E-state index in [9.17, 15) is 9.18 Å². The minimum atomic E-state index is -1.15. The van der Waals surface area contributed by atoms with Crippen molar-refractivity contribution in [2.75, 3.05) is 0 Å². The standard InChI is InChI=1S/C14H10FNO2/c1-9-10(6-7-18-9)14(17)12(8-16)11-4-2-3-5-13(11)15/h2-7,12H,1H3. The average molecular weight is 243 g/mol. The first-order valence-electron chi connectivity index (χ1n) is 5.37. The zero-order valence-electron chi connectivity index (χ0n) is 9.68. The Kier molecular flexibility index (Phi) is 3.24. The molecular formula is C14H10FNO2. The van der Waals surface area contributed by atoms with Gasteiger partial charge < -0.3 is 4.42 Å². The van der Waals surface area contributed by atoms with Crippen LogP contribution in [0.4, 0.5) is 4.39 Å². The number of nitriles is 1. The van der Waals surface area contributed by atoms with Gasteiger partial charge in [-0.15, -0.1) is 0 Å². The first kappa shape index (κ1) is 12.1. The molecule has 0 N–H and O–H groups in total. The van der Waals surface area contributed by atoms with Gasteiger partial charge >= 0.3 is 0 Å². The first-order valence-corrected chi connectivity index (χ1v) is 5.37. The van der Waals surface area contributed by atoms with Crippen LogP contribution < -0.4 is 0 Å². The number of furan rings is 1. The molecule has 1 unspecified atom stereocenters. The third-order valence-corrected chi connectivity index (χ3v) is 2.73. The average Bonchev–Trinajstić information content (AvgIpc) is 2.78. The van der Waals surface area contributed by atoms with Gasteiger partial charge in [-0.3, -0.25) is 4.79 Å². The van der Waals surface area contributed by atoms with Gasteiger partial charge in [0.15, 0.2) is 5.78 Å². The lowest BCUT2D eigenvalue weighted by Gasteiger charge is -2.08. The van der Waals surface area contributed by atoms with Crippen molar-refractivity contribution in [3.63, 3.8) is 0 Å². The summed E-state index contributed by atoms with van der Waals surface area (Å²) >= 11 is 0. The second-order valence-electron chi connectivity index (χ2n) is 3.84. The highest BCUT2D eigenvalue weighted by molar-refractivity contribution is 6.03. The zero-order chi connectivity index (χ0) is 13.1. The summed E-state index contributed by atoms with van der Waals surface area (Å²) in [7, 11) is 0. The molecule has 1 atom stereocenters. The maximum atomic E-state index is 13.6. The van der Waals surface area contributed by atoms with E-state index in [1.165, 1.54) is 30.5 Å². The summed E-state index contributed by atoms with van der Waals surface area (Å²) in [6.07, 6.45) is 1.37. The monoisotopic (exact) mass is 243 g/mol. The van der Waals surface area contributed by atoms with Gasteiger partial charge in [-0.05, 0) is 19.1 Å². The van der Waals surface area contributed by atoms with Crippen LogP contribution in [-0.4, -0.2) is 5.78 Å². The predicted octanol–water partition coefficient (Wildman–Crippen LogP) is 3.22. The number of hydrogen-bond acceptors (Lipinski definition) is 3. The van der Waals surface area contributed by atoms with Crippen LogP contribution in [0.5, 0.6) is 0 Å². The Labute approximate surface area is 103 Å². The number of benzene rings is 1. The van der Waals surface area contributed by atoms with Crippen LogP contribution in [0.25, 0.3) is 0 Å². The van der Waals surface area contributed by atoms with Gasteiger partial charge in [-0.2, -0.15) is 5.26 Å². The molecule has 90 valence electrons. The molecule has 0 saturated heterocycles. The molecule has 1 aromatic heterocycles. The SMILES string of the molecule is Cc1occc1C(=O)C(C#N)c1ccccc1F. The van der Waals surface area contributed by atoms with Crippen molar-refractivity contribution in [3.8, 4) is 6.07 Å². The number of aryl methyl sites for hydroxylation is 1. The van der Waals surface area contributed by atoms with Gasteiger partial charge in [0.25, 0.3) is 0 Å². The van der Waals surface area contributed by atoms with E-state index in [1.807, 2.05) is 6.07 Å². The highest BCUT2D eigenvalue weighted by atomic mass is 19.1. The van der Waals surface area contributed by atoms with E-state index in [0.717, 1.165) is 0 Å². The van der Waals surface area contributed by atoms with Gasteiger partial charge in [0.2, 0.25) is 0 Å². The summed E-state index contributed by atoms with van der Waals surface area (Å²) < 4.78 is 18.6. The van der Waals surface area contributed by atoms with Crippen molar-refractivity contribution in [2.24, 2.45) is 0 Å². The second-order valence-corrected chi connectivity index (χ2v) is 3.84. The molecule has 0 fully saturated rings. The molecule has 0 aliphatic rings. The fraction of sp³-hybridized carbons (Fsp3) is 0.143. The Morgan fingerprint density at radius 1 is 1.39 bits per heavy atom. The van der Waals surface area contributed by atoms with Crippen molar-refractivity contribution in [3.05, 3.63) is 59.3 Å². The number of nitrogens with zero attached hydrogens (tertiary/aromatic N) is 1. The van der Waals surface area contributed by atoms with E-state index >= 15 is 0 Å². The van der Waals surface area contributed by atoms with Gasteiger partial charge in [0.05, 0.1) is 17.9 Å². The summed E-state index contributed by atoms with van der Waals surface area (Å²) in [5.74, 6) is -1.73. The fourth-order valence-corrected chi connectivity index (χ4v) is 1.77. The third kappa shape index (κ3) is 2.03. The normalized spacial score (nSPS) is 11.8. The number of carbonyl (C=O) groups is 1. The lowest BCUT2D eigenvalue weighted by molar-refractivity contribution is 0.0976. The van der Waals surface area contributed by atoms with E-state index in [4.69, 9.17) is 9.68 Å². The molecule has 1 heterocycles. The van der Waals surface area contributed by atoms with Gasteiger partial charge in [-0.1, -0.05) is 18.2 Å². The van der Waals surface area contributed by atoms with E-state index < -0.39 is 17.5 Å². The Balaban J connectivity index is 2.43. The van der Waals surface area contributed by atoms with E-state index in [0.29, 0.717) is 11.3 Å². The Hall–Kier alpha value is -2.41. The highest BCUT2D eigenvalue weighted by Crippen LogP contribution is 2.24. The molecule has 2 rings (SSSR count). The van der Waals surface area contributed by atoms with Crippen molar-refractivity contribution < 1.29 is 13.6 Å².